The van der Waals surface area contributed by atoms with E-state index in [2.05, 4.69) is 9.97 Å². The molecule has 0 amide bonds. The normalized spacial score (nSPS) is 20.1. The number of anilines is 1. The number of carbonyl (C=O) groups excluding carboxylic acids is 1. The van der Waals surface area contributed by atoms with E-state index in [0.717, 1.165) is 25.2 Å². The molecule has 2 rings (SSSR count). The Balaban J connectivity index is 2.09. The van der Waals surface area contributed by atoms with Crippen LogP contribution in [-0.4, -0.2) is 36.1 Å². The first kappa shape index (κ1) is 12.1. The Morgan fingerprint density at radius 1 is 1.65 bits per heavy atom. The fraction of sp³-hybridized carbons (Fsp3) is 0.545. The van der Waals surface area contributed by atoms with Crippen LogP contribution in [0.2, 0.25) is 5.28 Å². The number of nitrogens with zero attached hydrogens (tertiary/aromatic N) is 3. The molecule has 92 valence electrons. The Labute approximate surface area is 105 Å². The SMILES string of the molecule is COC(=O)[C@H]1CCCN(c2ccnc(Cl)n2)C1. The van der Waals surface area contributed by atoms with Crippen molar-refractivity contribution in [2.75, 3.05) is 25.1 Å². The first-order valence-electron chi connectivity index (χ1n) is 5.52. The highest BCUT2D eigenvalue weighted by Gasteiger charge is 2.27. The van der Waals surface area contributed by atoms with E-state index in [4.69, 9.17) is 16.3 Å². The van der Waals surface area contributed by atoms with Crippen molar-refractivity contribution in [2.24, 2.45) is 5.92 Å². The van der Waals surface area contributed by atoms with Crippen molar-refractivity contribution < 1.29 is 9.53 Å². The summed E-state index contributed by atoms with van der Waals surface area (Å²) in [6, 6.07) is 1.80. The number of piperidine rings is 1. The van der Waals surface area contributed by atoms with Crippen molar-refractivity contribution in [1.29, 1.82) is 0 Å². The van der Waals surface area contributed by atoms with Crippen molar-refractivity contribution >= 4 is 23.4 Å². The largest absolute Gasteiger partial charge is 0.469 e. The number of hydrogen-bond donors (Lipinski definition) is 0. The number of aromatic nitrogens is 2. The molecule has 0 aromatic carbocycles. The highest BCUT2D eigenvalue weighted by Crippen LogP contribution is 2.22. The number of ether oxygens (including phenoxy) is 1. The molecule has 1 fully saturated rings. The lowest BCUT2D eigenvalue weighted by Gasteiger charge is -2.32. The lowest BCUT2D eigenvalue weighted by molar-refractivity contribution is -0.145. The number of methoxy groups -OCH3 is 1. The van der Waals surface area contributed by atoms with Crippen LogP contribution < -0.4 is 4.90 Å². The lowest BCUT2D eigenvalue weighted by atomic mass is 9.98. The third-order valence-electron chi connectivity index (χ3n) is 2.89. The van der Waals surface area contributed by atoms with Gasteiger partial charge in [-0.05, 0) is 30.5 Å². The molecule has 0 bridgehead atoms. The third kappa shape index (κ3) is 2.85. The van der Waals surface area contributed by atoms with Crippen molar-refractivity contribution in [2.45, 2.75) is 12.8 Å². The minimum Gasteiger partial charge on any atom is -0.469 e. The van der Waals surface area contributed by atoms with Gasteiger partial charge in [0.15, 0.2) is 0 Å². The second-order valence-corrected chi connectivity index (χ2v) is 4.33. The molecule has 1 aliphatic rings. The zero-order valence-electron chi connectivity index (χ0n) is 9.60. The van der Waals surface area contributed by atoms with Crippen LogP contribution in [0.4, 0.5) is 5.82 Å². The molecule has 2 heterocycles. The van der Waals surface area contributed by atoms with Gasteiger partial charge < -0.3 is 9.64 Å². The number of hydrogen-bond acceptors (Lipinski definition) is 5. The summed E-state index contributed by atoms with van der Waals surface area (Å²) < 4.78 is 4.77. The van der Waals surface area contributed by atoms with E-state index < -0.39 is 0 Å². The number of esters is 1. The fourth-order valence-electron chi connectivity index (χ4n) is 2.05. The quantitative estimate of drug-likeness (QED) is 0.592. The average Bonchev–Trinajstić information content (AvgIpc) is 2.38. The Morgan fingerprint density at radius 3 is 3.18 bits per heavy atom. The lowest BCUT2D eigenvalue weighted by Crippen LogP contribution is -2.39. The third-order valence-corrected chi connectivity index (χ3v) is 3.07. The molecule has 0 saturated carbocycles. The minimum atomic E-state index is -0.158. The maximum Gasteiger partial charge on any atom is 0.310 e. The van der Waals surface area contributed by atoms with Crippen LogP contribution in [0.25, 0.3) is 0 Å². The first-order valence-corrected chi connectivity index (χ1v) is 5.90. The van der Waals surface area contributed by atoms with E-state index in [9.17, 15) is 4.79 Å². The number of rotatable bonds is 2. The van der Waals surface area contributed by atoms with Crippen molar-refractivity contribution in [1.82, 2.24) is 9.97 Å². The molecule has 0 unspecified atom stereocenters. The molecule has 5 nitrogen and oxygen atoms in total. The van der Waals surface area contributed by atoms with E-state index in [0.29, 0.717) is 6.54 Å². The van der Waals surface area contributed by atoms with Crippen LogP contribution in [0.1, 0.15) is 12.8 Å². The van der Waals surface area contributed by atoms with E-state index in [-0.39, 0.29) is 17.2 Å². The summed E-state index contributed by atoms with van der Waals surface area (Å²) in [5.41, 5.74) is 0. The molecular formula is C11H14ClN3O2. The van der Waals surface area contributed by atoms with Gasteiger partial charge in [0.25, 0.3) is 0 Å². The molecule has 0 N–H and O–H groups in total. The number of halogens is 1. The summed E-state index contributed by atoms with van der Waals surface area (Å²) in [7, 11) is 1.42. The molecule has 0 radical (unpaired) electrons. The van der Waals surface area contributed by atoms with Gasteiger partial charge in [-0.15, -0.1) is 0 Å². The monoisotopic (exact) mass is 255 g/mol. The van der Waals surface area contributed by atoms with E-state index in [1.807, 2.05) is 4.90 Å². The van der Waals surface area contributed by atoms with Crippen LogP contribution >= 0.6 is 11.6 Å². The number of carbonyl (C=O) groups is 1. The van der Waals surface area contributed by atoms with Crippen molar-refractivity contribution in [3.8, 4) is 0 Å². The first-order chi connectivity index (χ1) is 8.20. The Hall–Kier alpha value is -1.36. The highest BCUT2D eigenvalue weighted by molar-refractivity contribution is 6.28. The Bertz CT molecular complexity index is 413. The summed E-state index contributed by atoms with van der Waals surface area (Å²) >= 11 is 5.75. The summed E-state index contributed by atoms with van der Waals surface area (Å²) in [4.78, 5) is 21.5. The van der Waals surface area contributed by atoms with E-state index >= 15 is 0 Å². The predicted octanol–water partition coefficient (Wildman–Crippen LogP) is 1.52. The maximum atomic E-state index is 11.5. The van der Waals surface area contributed by atoms with Crippen LogP contribution in [0.15, 0.2) is 12.3 Å². The van der Waals surface area contributed by atoms with Gasteiger partial charge in [-0.1, -0.05) is 0 Å². The maximum absolute atomic E-state index is 11.5. The molecule has 1 atom stereocenters. The molecule has 1 aromatic rings. The van der Waals surface area contributed by atoms with Gasteiger partial charge in [-0.25, -0.2) is 9.97 Å². The summed E-state index contributed by atoms with van der Waals surface area (Å²) in [6.07, 6.45) is 3.43. The van der Waals surface area contributed by atoms with Gasteiger partial charge in [-0.2, -0.15) is 0 Å². The summed E-state index contributed by atoms with van der Waals surface area (Å²) in [5, 5.41) is 0.225. The van der Waals surface area contributed by atoms with E-state index in [1.165, 1.54) is 7.11 Å². The molecule has 0 aliphatic carbocycles. The van der Waals surface area contributed by atoms with Gasteiger partial charge in [0.1, 0.15) is 5.82 Å². The van der Waals surface area contributed by atoms with E-state index in [1.54, 1.807) is 12.3 Å². The van der Waals surface area contributed by atoms with Gasteiger partial charge in [0.05, 0.1) is 13.0 Å². The molecular weight excluding hydrogens is 242 g/mol. The average molecular weight is 256 g/mol. The summed E-state index contributed by atoms with van der Waals surface area (Å²) in [5.74, 6) is 0.524. The fourth-order valence-corrected chi connectivity index (χ4v) is 2.19. The molecule has 1 aromatic heterocycles. The summed E-state index contributed by atoms with van der Waals surface area (Å²) in [6.45, 7) is 1.50. The predicted molar refractivity (Wildman–Crippen MR) is 64.0 cm³/mol. The van der Waals surface area contributed by atoms with Crippen LogP contribution in [0.3, 0.4) is 0 Å². The van der Waals surface area contributed by atoms with Gasteiger partial charge >= 0.3 is 5.97 Å². The van der Waals surface area contributed by atoms with Gasteiger partial charge in [-0.3, -0.25) is 4.79 Å². The smallest absolute Gasteiger partial charge is 0.310 e. The van der Waals surface area contributed by atoms with Gasteiger partial charge in [0.2, 0.25) is 5.28 Å². The van der Waals surface area contributed by atoms with Crippen molar-refractivity contribution in [3.05, 3.63) is 17.5 Å². The minimum absolute atomic E-state index is 0.0810. The van der Waals surface area contributed by atoms with Crippen LogP contribution in [0, 0.1) is 5.92 Å². The molecule has 1 saturated heterocycles. The second-order valence-electron chi connectivity index (χ2n) is 3.99. The molecule has 1 aliphatic heterocycles. The van der Waals surface area contributed by atoms with Gasteiger partial charge in [0, 0.05) is 19.3 Å². The second kappa shape index (κ2) is 5.31. The zero-order valence-corrected chi connectivity index (χ0v) is 10.4. The van der Waals surface area contributed by atoms with Crippen molar-refractivity contribution in [3.63, 3.8) is 0 Å². The Morgan fingerprint density at radius 2 is 2.47 bits per heavy atom. The molecule has 0 spiro atoms. The highest BCUT2D eigenvalue weighted by atomic mass is 35.5. The van der Waals surface area contributed by atoms with Crippen LogP contribution in [0.5, 0.6) is 0 Å². The standard InChI is InChI=1S/C11H14ClN3O2/c1-17-10(16)8-3-2-6-15(7-8)9-4-5-13-11(12)14-9/h4-5,8H,2-3,6-7H2,1H3/t8-/m0/s1. The van der Waals surface area contributed by atoms with Crippen LogP contribution in [-0.2, 0) is 9.53 Å². The topological polar surface area (TPSA) is 55.3 Å². The molecule has 17 heavy (non-hydrogen) atoms. The Kier molecular flexibility index (Phi) is 3.78. The molecule has 6 heteroatoms. The zero-order chi connectivity index (χ0) is 12.3.